The van der Waals surface area contributed by atoms with Crippen LogP contribution in [0.1, 0.15) is 32.4 Å². The van der Waals surface area contributed by atoms with Gasteiger partial charge in [0.1, 0.15) is 5.60 Å². The van der Waals surface area contributed by atoms with E-state index in [0.29, 0.717) is 44.2 Å². The molecule has 2 rings (SSSR count). The van der Waals surface area contributed by atoms with Gasteiger partial charge in [0.2, 0.25) is 0 Å². The topological polar surface area (TPSA) is 71.5 Å². The molecule has 0 radical (unpaired) electrons. The maximum atomic E-state index is 12.1. The van der Waals surface area contributed by atoms with Crippen molar-refractivity contribution in [2.45, 2.75) is 32.5 Å². The van der Waals surface area contributed by atoms with Gasteiger partial charge in [0, 0.05) is 32.7 Å². The van der Waals surface area contributed by atoms with E-state index in [1.165, 1.54) is 0 Å². The van der Waals surface area contributed by atoms with Crippen molar-refractivity contribution in [1.82, 2.24) is 9.80 Å². The summed E-state index contributed by atoms with van der Waals surface area (Å²) in [6.45, 7) is 8.66. The Morgan fingerprint density at radius 3 is 2.27 bits per heavy atom. The van der Waals surface area contributed by atoms with Gasteiger partial charge >= 0.3 is 6.09 Å². The first-order valence-electron chi connectivity index (χ1n) is 8.84. The molecule has 1 N–H and O–H groups in total. The number of nitrogens with zero attached hydrogens (tertiary/aromatic N) is 2. The summed E-state index contributed by atoms with van der Waals surface area (Å²) >= 11 is 0. The van der Waals surface area contributed by atoms with Crippen LogP contribution in [0.3, 0.4) is 0 Å². The molecule has 1 heterocycles. The third kappa shape index (κ3) is 5.51. The number of hydrogen-bond donors (Lipinski definition) is 1. The van der Waals surface area contributed by atoms with Crippen LogP contribution in [0.25, 0.3) is 0 Å². The lowest BCUT2D eigenvalue weighted by molar-refractivity contribution is 0.0101. The molecule has 1 fully saturated rings. The molecule has 1 saturated heterocycles. The van der Waals surface area contributed by atoms with Crippen LogP contribution in [0.15, 0.2) is 18.2 Å². The molecule has 7 heteroatoms. The number of carbonyl (C=O) groups is 1. The fourth-order valence-electron chi connectivity index (χ4n) is 2.85. The second-order valence-electron chi connectivity index (χ2n) is 7.40. The van der Waals surface area contributed by atoms with Gasteiger partial charge in [-0.25, -0.2) is 4.79 Å². The van der Waals surface area contributed by atoms with Crippen LogP contribution < -0.4 is 9.47 Å². The molecule has 0 saturated carbocycles. The highest BCUT2D eigenvalue weighted by Gasteiger charge is 2.26. The molecule has 146 valence electrons. The summed E-state index contributed by atoms with van der Waals surface area (Å²) in [5.74, 6) is 1.23. The first kappa shape index (κ1) is 20.3. The Balaban J connectivity index is 1.88. The number of amides is 1. The largest absolute Gasteiger partial charge is 0.493 e. The van der Waals surface area contributed by atoms with Gasteiger partial charge in [-0.1, -0.05) is 6.07 Å². The van der Waals surface area contributed by atoms with Crippen LogP contribution in [0.2, 0.25) is 0 Å². The third-order valence-corrected chi connectivity index (χ3v) is 4.25. The molecule has 0 spiro atoms. The first-order valence-corrected chi connectivity index (χ1v) is 8.84. The van der Waals surface area contributed by atoms with Crippen molar-refractivity contribution in [2.75, 3.05) is 46.9 Å². The van der Waals surface area contributed by atoms with E-state index in [0.717, 1.165) is 5.56 Å². The van der Waals surface area contributed by atoms with Crippen LogP contribution >= 0.6 is 0 Å². The zero-order valence-corrected chi connectivity index (χ0v) is 16.3. The zero-order valence-electron chi connectivity index (χ0n) is 16.3. The highest BCUT2D eigenvalue weighted by Crippen LogP contribution is 2.30. The lowest BCUT2D eigenvalue weighted by Crippen LogP contribution is -2.50. The van der Waals surface area contributed by atoms with E-state index in [-0.39, 0.29) is 6.09 Å². The summed E-state index contributed by atoms with van der Waals surface area (Å²) in [4.78, 5) is 16.0. The highest BCUT2D eigenvalue weighted by atomic mass is 16.6. The summed E-state index contributed by atoms with van der Waals surface area (Å²) in [5, 5.41) is 10.5. The molecule has 7 nitrogen and oxygen atoms in total. The molecule has 0 aromatic heterocycles. The van der Waals surface area contributed by atoms with Crippen molar-refractivity contribution in [3.05, 3.63) is 23.8 Å². The summed E-state index contributed by atoms with van der Waals surface area (Å²) in [7, 11) is 3.15. The van der Waals surface area contributed by atoms with Crippen LogP contribution in [0, 0.1) is 0 Å². The Morgan fingerprint density at radius 1 is 1.12 bits per heavy atom. The third-order valence-electron chi connectivity index (χ3n) is 4.25. The molecular weight excluding hydrogens is 336 g/mol. The number of ether oxygens (including phenoxy) is 3. The number of aliphatic hydroxyl groups is 1. The number of β-amino-alcohol motifs (C(OH)–C–C–N with tert-alkyl or cyclic N) is 1. The fraction of sp³-hybridized carbons (Fsp3) is 0.632. The maximum Gasteiger partial charge on any atom is 0.410 e. The van der Waals surface area contributed by atoms with E-state index in [1.807, 2.05) is 26.8 Å². The first-order chi connectivity index (χ1) is 12.2. The van der Waals surface area contributed by atoms with Gasteiger partial charge in [0.05, 0.1) is 20.3 Å². The van der Waals surface area contributed by atoms with Gasteiger partial charge in [-0.15, -0.1) is 0 Å². The lowest BCUT2D eigenvalue weighted by Gasteiger charge is -2.36. The van der Waals surface area contributed by atoms with Gasteiger partial charge in [-0.05, 0) is 38.5 Å². The van der Waals surface area contributed by atoms with E-state index in [9.17, 15) is 9.90 Å². The van der Waals surface area contributed by atoms with Crippen molar-refractivity contribution >= 4 is 6.09 Å². The Labute approximate surface area is 155 Å². The number of methoxy groups -OCH3 is 2. The molecule has 0 bridgehead atoms. The summed E-state index contributed by atoms with van der Waals surface area (Å²) in [6.07, 6.45) is -0.916. The average molecular weight is 366 g/mol. The van der Waals surface area contributed by atoms with Crippen molar-refractivity contribution in [1.29, 1.82) is 0 Å². The molecule has 1 aliphatic heterocycles. The highest BCUT2D eigenvalue weighted by molar-refractivity contribution is 5.68. The Bertz CT molecular complexity index is 606. The monoisotopic (exact) mass is 366 g/mol. The van der Waals surface area contributed by atoms with Crippen molar-refractivity contribution in [3.63, 3.8) is 0 Å². The van der Waals surface area contributed by atoms with Crippen LogP contribution in [0.4, 0.5) is 4.79 Å². The number of hydrogen-bond acceptors (Lipinski definition) is 6. The molecule has 0 aliphatic carbocycles. The van der Waals surface area contributed by atoms with E-state index >= 15 is 0 Å². The zero-order chi connectivity index (χ0) is 19.3. The average Bonchev–Trinajstić information content (AvgIpc) is 2.60. The van der Waals surface area contributed by atoms with Crippen molar-refractivity contribution in [2.24, 2.45) is 0 Å². The van der Waals surface area contributed by atoms with Gasteiger partial charge in [0.25, 0.3) is 0 Å². The van der Waals surface area contributed by atoms with Gasteiger partial charge in [-0.3, -0.25) is 4.90 Å². The number of rotatable bonds is 5. The Morgan fingerprint density at radius 2 is 1.73 bits per heavy atom. The van der Waals surface area contributed by atoms with E-state index < -0.39 is 11.7 Å². The summed E-state index contributed by atoms with van der Waals surface area (Å²) in [5.41, 5.74) is 0.287. The molecule has 1 atom stereocenters. The van der Waals surface area contributed by atoms with Crippen molar-refractivity contribution < 1.29 is 24.1 Å². The quantitative estimate of drug-likeness (QED) is 0.862. The van der Waals surface area contributed by atoms with Crippen LogP contribution in [-0.2, 0) is 4.74 Å². The maximum absolute atomic E-state index is 12.1. The molecular formula is C19H30N2O5. The predicted octanol–water partition coefficient (Wildman–Crippen LogP) is 2.29. The molecule has 1 aromatic rings. The van der Waals surface area contributed by atoms with Crippen LogP contribution in [-0.4, -0.2) is 73.5 Å². The number of aliphatic hydroxyl groups excluding tert-OH is 1. The number of piperazine rings is 1. The number of benzene rings is 1. The van der Waals surface area contributed by atoms with Gasteiger partial charge in [0.15, 0.2) is 11.5 Å². The molecule has 26 heavy (non-hydrogen) atoms. The minimum Gasteiger partial charge on any atom is -0.493 e. The molecule has 1 aromatic carbocycles. The van der Waals surface area contributed by atoms with Crippen LogP contribution in [0.5, 0.6) is 11.5 Å². The second-order valence-corrected chi connectivity index (χ2v) is 7.40. The minimum atomic E-state index is -0.636. The van der Waals surface area contributed by atoms with E-state index in [1.54, 1.807) is 31.3 Å². The fourth-order valence-corrected chi connectivity index (χ4v) is 2.85. The number of carbonyl (C=O) groups excluding carboxylic acids is 1. The second kappa shape index (κ2) is 8.60. The van der Waals surface area contributed by atoms with Crippen molar-refractivity contribution in [3.8, 4) is 11.5 Å². The standard InChI is InChI=1S/C19H30N2O5/c1-19(2,3)26-18(23)21-10-8-20(9-11-21)13-15(22)14-6-7-16(24-4)17(12-14)25-5/h6-7,12,15,22H,8-11,13H2,1-5H3. The molecule has 1 aliphatic rings. The molecule has 1 unspecified atom stereocenters. The van der Waals surface area contributed by atoms with E-state index in [4.69, 9.17) is 14.2 Å². The smallest absolute Gasteiger partial charge is 0.410 e. The Kier molecular flexibility index (Phi) is 6.72. The van der Waals surface area contributed by atoms with E-state index in [2.05, 4.69) is 4.90 Å². The Hall–Kier alpha value is -1.99. The van der Waals surface area contributed by atoms with Gasteiger partial charge in [-0.2, -0.15) is 0 Å². The normalized spacial score (nSPS) is 16.9. The van der Waals surface area contributed by atoms with Gasteiger partial charge < -0.3 is 24.2 Å². The lowest BCUT2D eigenvalue weighted by atomic mass is 10.1. The SMILES string of the molecule is COc1ccc(C(O)CN2CCN(C(=O)OC(C)(C)C)CC2)cc1OC. The predicted molar refractivity (Wildman–Crippen MR) is 98.8 cm³/mol. The summed E-state index contributed by atoms with van der Waals surface area (Å²) < 4.78 is 15.9. The summed E-state index contributed by atoms with van der Waals surface area (Å²) in [6, 6.07) is 5.42. The molecule has 1 amide bonds. The minimum absolute atomic E-state index is 0.280.